The van der Waals surface area contributed by atoms with Crippen LogP contribution in [0.2, 0.25) is 0 Å². The number of aromatic amines is 1. The first kappa shape index (κ1) is 8.00. The van der Waals surface area contributed by atoms with E-state index in [0.717, 1.165) is 15.2 Å². The second-order valence-electron chi connectivity index (χ2n) is 2.02. The molecule has 1 rings (SSSR count). The lowest BCUT2D eigenvalue weighted by Crippen LogP contribution is -1.89. The normalized spacial score (nSPS) is 10.3. The van der Waals surface area contributed by atoms with E-state index in [1.807, 2.05) is 6.92 Å². The topological polar surface area (TPSA) is 37.9 Å². The molecule has 0 aromatic carbocycles. The van der Waals surface area contributed by atoms with Crippen LogP contribution in [-0.4, -0.2) is 17.1 Å². The van der Waals surface area contributed by atoms with Crippen molar-refractivity contribution in [2.75, 3.05) is 7.11 Å². The molecule has 0 atom stereocenters. The average molecular weight is 252 g/mol. The molecule has 1 heterocycles. The van der Waals surface area contributed by atoms with E-state index in [0.29, 0.717) is 6.61 Å². The summed E-state index contributed by atoms with van der Waals surface area (Å²) in [5, 5.41) is 0. The van der Waals surface area contributed by atoms with Crippen LogP contribution in [0.15, 0.2) is 0 Å². The molecule has 0 spiro atoms. The fraction of sp³-hybridized carbons (Fsp3) is 0.500. The second kappa shape index (κ2) is 3.34. The number of hydrogen-bond acceptors (Lipinski definition) is 2. The number of aryl methyl sites for hydroxylation is 1. The van der Waals surface area contributed by atoms with Crippen molar-refractivity contribution in [3.63, 3.8) is 0 Å². The maximum absolute atomic E-state index is 4.90. The highest BCUT2D eigenvalue weighted by molar-refractivity contribution is 14.1. The Balaban J connectivity index is 2.77. The van der Waals surface area contributed by atoms with E-state index >= 15 is 0 Å². The first-order chi connectivity index (χ1) is 4.74. The Morgan fingerprint density at radius 1 is 1.70 bits per heavy atom. The van der Waals surface area contributed by atoms with Gasteiger partial charge < -0.3 is 9.72 Å². The van der Waals surface area contributed by atoms with E-state index in [1.165, 1.54) is 0 Å². The highest BCUT2D eigenvalue weighted by Crippen LogP contribution is 2.07. The molecule has 0 unspecified atom stereocenters. The van der Waals surface area contributed by atoms with E-state index in [-0.39, 0.29) is 0 Å². The molecule has 1 aromatic heterocycles. The molecule has 56 valence electrons. The number of ether oxygens (including phenoxy) is 1. The van der Waals surface area contributed by atoms with Gasteiger partial charge in [-0.2, -0.15) is 0 Å². The largest absolute Gasteiger partial charge is 0.377 e. The van der Waals surface area contributed by atoms with Gasteiger partial charge in [-0.25, -0.2) is 4.98 Å². The number of aromatic nitrogens is 2. The molecule has 3 nitrogen and oxygen atoms in total. The van der Waals surface area contributed by atoms with E-state index in [1.54, 1.807) is 7.11 Å². The van der Waals surface area contributed by atoms with E-state index in [4.69, 9.17) is 4.74 Å². The van der Waals surface area contributed by atoms with Crippen molar-refractivity contribution in [3.05, 3.63) is 15.2 Å². The van der Waals surface area contributed by atoms with Crippen molar-refractivity contribution in [1.82, 2.24) is 9.97 Å². The van der Waals surface area contributed by atoms with Gasteiger partial charge >= 0.3 is 0 Å². The maximum Gasteiger partial charge on any atom is 0.133 e. The van der Waals surface area contributed by atoms with E-state index in [9.17, 15) is 0 Å². The average Bonchev–Trinajstić information content (AvgIpc) is 2.14. The quantitative estimate of drug-likeness (QED) is 0.809. The number of hydrogen-bond donors (Lipinski definition) is 1. The lowest BCUT2D eigenvalue weighted by Gasteiger charge is -1.89. The highest BCUT2D eigenvalue weighted by Gasteiger charge is 2.00. The molecule has 0 aliphatic rings. The molecular weight excluding hydrogens is 243 g/mol. The summed E-state index contributed by atoms with van der Waals surface area (Å²) in [4.78, 5) is 7.31. The molecule has 0 aliphatic carbocycles. The Hall–Kier alpha value is -0.100. The van der Waals surface area contributed by atoms with Crippen LogP contribution in [0.3, 0.4) is 0 Å². The summed E-state index contributed by atoms with van der Waals surface area (Å²) >= 11 is 2.21. The predicted octanol–water partition coefficient (Wildman–Crippen LogP) is 1.47. The van der Waals surface area contributed by atoms with E-state index in [2.05, 4.69) is 32.6 Å². The number of H-pyrrole nitrogens is 1. The van der Waals surface area contributed by atoms with Crippen LogP contribution in [0, 0.1) is 10.6 Å². The number of imidazole rings is 1. The van der Waals surface area contributed by atoms with Crippen LogP contribution in [0.1, 0.15) is 11.5 Å². The summed E-state index contributed by atoms with van der Waals surface area (Å²) in [5.41, 5.74) is 1.03. The number of rotatable bonds is 2. The molecule has 0 saturated heterocycles. The number of methoxy groups -OCH3 is 1. The van der Waals surface area contributed by atoms with Gasteiger partial charge in [-0.05, 0) is 29.5 Å². The predicted molar refractivity (Wildman–Crippen MR) is 46.8 cm³/mol. The molecule has 1 aromatic rings. The van der Waals surface area contributed by atoms with Crippen molar-refractivity contribution in [1.29, 1.82) is 0 Å². The molecule has 0 amide bonds. The Morgan fingerprint density at radius 2 is 2.40 bits per heavy atom. The first-order valence-corrected chi connectivity index (χ1v) is 4.02. The number of nitrogens with one attached hydrogen (secondary N) is 1. The standard InChI is InChI=1S/C6H9IN2O/c1-4-6(7)9-5(8-4)3-10-2/h3H2,1-2H3,(H,8,9). The number of halogens is 1. The van der Waals surface area contributed by atoms with Crippen LogP contribution in [0.25, 0.3) is 0 Å². The van der Waals surface area contributed by atoms with Crippen molar-refractivity contribution in [2.24, 2.45) is 0 Å². The number of nitrogens with zero attached hydrogens (tertiary/aromatic N) is 1. The fourth-order valence-electron chi connectivity index (χ4n) is 0.702. The Morgan fingerprint density at radius 3 is 2.80 bits per heavy atom. The molecule has 0 radical (unpaired) electrons. The van der Waals surface area contributed by atoms with Crippen molar-refractivity contribution < 1.29 is 4.74 Å². The van der Waals surface area contributed by atoms with Gasteiger partial charge in [-0.15, -0.1) is 0 Å². The summed E-state index contributed by atoms with van der Waals surface area (Å²) in [5.74, 6) is 0.893. The van der Waals surface area contributed by atoms with Gasteiger partial charge in [0.15, 0.2) is 0 Å². The lowest BCUT2D eigenvalue weighted by molar-refractivity contribution is 0.178. The molecule has 4 heteroatoms. The van der Waals surface area contributed by atoms with Gasteiger partial charge in [0.2, 0.25) is 0 Å². The minimum absolute atomic E-state index is 0.559. The Kier molecular flexibility index (Phi) is 2.67. The molecule has 10 heavy (non-hydrogen) atoms. The zero-order chi connectivity index (χ0) is 7.56. The van der Waals surface area contributed by atoms with Crippen LogP contribution in [0.4, 0.5) is 0 Å². The first-order valence-electron chi connectivity index (χ1n) is 2.94. The molecule has 0 aliphatic heterocycles. The van der Waals surface area contributed by atoms with Crippen LogP contribution >= 0.6 is 22.6 Å². The lowest BCUT2D eigenvalue weighted by atomic mass is 10.6. The Labute approximate surface area is 73.3 Å². The van der Waals surface area contributed by atoms with Gasteiger partial charge in [0.1, 0.15) is 16.1 Å². The molecular formula is C6H9IN2O. The Bertz CT molecular complexity index is 202. The van der Waals surface area contributed by atoms with Crippen molar-refractivity contribution in [2.45, 2.75) is 13.5 Å². The third kappa shape index (κ3) is 1.69. The smallest absolute Gasteiger partial charge is 0.133 e. The summed E-state index contributed by atoms with van der Waals surface area (Å²) < 4.78 is 5.99. The molecule has 0 fully saturated rings. The molecule has 1 N–H and O–H groups in total. The van der Waals surface area contributed by atoms with Crippen molar-refractivity contribution in [3.8, 4) is 0 Å². The third-order valence-electron chi connectivity index (χ3n) is 1.16. The summed E-state index contributed by atoms with van der Waals surface area (Å²) in [7, 11) is 1.66. The monoisotopic (exact) mass is 252 g/mol. The summed E-state index contributed by atoms with van der Waals surface area (Å²) in [6, 6.07) is 0. The molecule has 0 bridgehead atoms. The van der Waals surface area contributed by atoms with Gasteiger partial charge in [-0.1, -0.05) is 0 Å². The van der Waals surface area contributed by atoms with Gasteiger partial charge in [-0.3, -0.25) is 0 Å². The summed E-state index contributed by atoms with van der Waals surface area (Å²) in [6.45, 7) is 2.53. The highest BCUT2D eigenvalue weighted by atomic mass is 127. The zero-order valence-electron chi connectivity index (χ0n) is 5.94. The van der Waals surface area contributed by atoms with Gasteiger partial charge in [0.05, 0.1) is 5.69 Å². The maximum atomic E-state index is 4.90. The van der Waals surface area contributed by atoms with E-state index < -0.39 is 0 Å². The van der Waals surface area contributed by atoms with Crippen LogP contribution < -0.4 is 0 Å². The SMILES string of the molecule is COCc1nc(C)c(I)[nH]1. The minimum atomic E-state index is 0.559. The van der Waals surface area contributed by atoms with Crippen molar-refractivity contribution >= 4 is 22.6 Å². The second-order valence-corrected chi connectivity index (χ2v) is 3.09. The van der Waals surface area contributed by atoms with Crippen LogP contribution in [-0.2, 0) is 11.3 Å². The molecule has 0 saturated carbocycles. The van der Waals surface area contributed by atoms with Gasteiger partial charge in [0.25, 0.3) is 0 Å². The fourth-order valence-corrected chi connectivity index (χ4v) is 1.13. The van der Waals surface area contributed by atoms with Crippen LogP contribution in [0.5, 0.6) is 0 Å². The zero-order valence-corrected chi connectivity index (χ0v) is 8.10. The minimum Gasteiger partial charge on any atom is -0.377 e. The van der Waals surface area contributed by atoms with Gasteiger partial charge in [0, 0.05) is 7.11 Å². The summed E-state index contributed by atoms with van der Waals surface area (Å²) in [6.07, 6.45) is 0. The third-order valence-corrected chi connectivity index (χ3v) is 2.21.